The zero-order valence-corrected chi connectivity index (χ0v) is 14.0. The van der Waals surface area contributed by atoms with Crippen molar-refractivity contribution >= 4 is 11.7 Å². The number of aromatic nitrogens is 2. The number of aryl methyl sites for hydroxylation is 1. The van der Waals surface area contributed by atoms with Gasteiger partial charge in [0.15, 0.2) is 5.78 Å². The maximum atomic E-state index is 13.2. The summed E-state index contributed by atoms with van der Waals surface area (Å²) in [5.41, 5.74) is 1.88. The van der Waals surface area contributed by atoms with Crippen molar-refractivity contribution in [1.82, 2.24) is 15.5 Å². The van der Waals surface area contributed by atoms with Crippen LogP contribution in [0.15, 0.2) is 41.1 Å². The number of hydrogen-bond acceptors (Lipinski definition) is 4. The first-order valence-corrected chi connectivity index (χ1v) is 8.29. The van der Waals surface area contributed by atoms with Gasteiger partial charge in [-0.25, -0.2) is 4.39 Å². The highest BCUT2D eigenvalue weighted by molar-refractivity contribution is 6.13. The van der Waals surface area contributed by atoms with Crippen LogP contribution in [0.25, 0.3) is 11.3 Å². The summed E-state index contributed by atoms with van der Waals surface area (Å²) in [5, 5.41) is 6.81. The van der Waals surface area contributed by atoms with E-state index in [1.54, 1.807) is 6.92 Å². The predicted octanol–water partition coefficient (Wildman–Crippen LogP) is 3.73. The van der Waals surface area contributed by atoms with Gasteiger partial charge in [0.2, 0.25) is 0 Å². The molecular formula is C19H20FN3O3. The number of nitrogens with zero attached hydrogens (tertiary/aromatic N) is 1. The lowest BCUT2D eigenvalue weighted by Gasteiger charge is -2.01. The van der Waals surface area contributed by atoms with E-state index in [-0.39, 0.29) is 26.4 Å². The van der Waals surface area contributed by atoms with Crippen LogP contribution >= 0.6 is 0 Å². The zero-order chi connectivity index (χ0) is 18.3. The molecule has 1 aliphatic rings. The molecule has 0 saturated heterocycles. The summed E-state index contributed by atoms with van der Waals surface area (Å²) in [4.78, 5) is 27.9. The van der Waals surface area contributed by atoms with Gasteiger partial charge in [-0.15, -0.1) is 0 Å². The van der Waals surface area contributed by atoms with Crippen LogP contribution in [-0.2, 0) is 0 Å². The molecule has 0 spiro atoms. The monoisotopic (exact) mass is 357 g/mol. The third-order valence-corrected chi connectivity index (χ3v) is 4.31. The fourth-order valence-electron chi connectivity index (χ4n) is 2.74. The van der Waals surface area contributed by atoms with E-state index in [9.17, 15) is 14.0 Å². The second-order valence-electron chi connectivity index (χ2n) is 6.35. The molecule has 0 unspecified atom stereocenters. The lowest BCUT2D eigenvalue weighted by Crippen LogP contribution is -2.25. The predicted molar refractivity (Wildman–Crippen MR) is 95.6 cm³/mol. The third kappa shape index (κ3) is 3.03. The Kier molecular flexibility index (Phi) is 3.91. The van der Waals surface area contributed by atoms with Crippen molar-refractivity contribution < 1.29 is 21.4 Å². The standard InChI is InChI=1S/C19H16FN3O3.2H2/c1-10-16(17(23-26-10)11-2-4-13(20)5-3-11)18(24)12-8-15(21-9-12)19(25)22-14-6-7-14;;/h2-5,8-9,14,21H,6-7H2,1H3,(H,22,25);2*1H. The van der Waals surface area contributed by atoms with E-state index in [2.05, 4.69) is 15.5 Å². The number of amides is 1. The summed E-state index contributed by atoms with van der Waals surface area (Å²) in [6, 6.07) is 7.41. The molecule has 7 heteroatoms. The number of aromatic amines is 1. The Morgan fingerprint density at radius 2 is 2.04 bits per heavy atom. The van der Waals surface area contributed by atoms with Gasteiger partial charge >= 0.3 is 0 Å². The second kappa shape index (κ2) is 6.25. The molecule has 6 nitrogen and oxygen atoms in total. The number of rotatable bonds is 5. The van der Waals surface area contributed by atoms with Gasteiger partial charge in [-0.3, -0.25) is 9.59 Å². The summed E-state index contributed by atoms with van der Waals surface area (Å²) >= 11 is 0. The molecule has 1 fully saturated rings. The van der Waals surface area contributed by atoms with Gasteiger partial charge in [-0.05, 0) is 50.1 Å². The number of carbonyl (C=O) groups excluding carboxylic acids is 2. The number of ketones is 1. The van der Waals surface area contributed by atoms with Gasteiger partial charge in [-0.1, -0.05) is 5.16 Å². The van der Waals surface area contributed by atoms with E-state index in [1.807, 2.05) is 0 Å². The molecule has 1 aromatic carbocycles. The molecule has 2 heterocycles. The van der Waals surface area contributed by atoms with Crippen LogP contribution in [0.1, 0.15) is 47.9 Å². The van der Waals surface area contributed by atoms with Crippen LogP contribution in [0.3, 0.4) is 0 Å². The maximum Gasteiger partial charge on any atom is 0.267 e. The molecular weight excluding hydrogens is 337 g/mol. The van der Waals surface area contributed by atoms with Crippen LogP contribution in [0.5, 0.6) is 0 Å². The van der Waals surface area contributed by atoms with Gasteiger partial charge in [0.1, 0.15) is 23.0 Å². The van der Waals surface area contributed by atoms with Crippen molar-refractivity contribution in [3.8, 4) is 11.3 Å². The van der Waals surface area contributed by atoms with Gasteiger partial charge in [0.25, 0.3) is 5.91 Å². The molecule has 1 saturated carbocycles. The van der Waals surface area contributed by atoms with Crippen LogP contribution in [0.2, 0.25) is 0 Å². The number of carbonyl (C=O) groups is 2. The van der Waals surface area contributed by atoms with Crippen LogP contribution in [-0.4, -0.2) is 27.9 Å². The number of benzene rings is 1. The summed E-state index contributed by atoms with van der Waals surface area (Å²) in [7, 11) is 0. The number of hydrogen-bond donors (Lipinski definition) is 2. The minimum absolute atomic E-state index is 0. The average molecular weight is 357 g/mol. The lowest BCUT2D eigenvalue weighted by atomic mass is 9.99. The summed E-state index contributed by atoms with van der Waals surface area (Å²) in [5.74, 6) is -0.560. The smallest absolute Gasteiger partial charge is 0.267 e. The second-order valence-corrected chi connectivity index (χ2v) is 6.35. The normalized spacial score (nSPS) is 13.6. The van der Waals surface area contributed by atoms with Crippen LogP contribution in [0.4, 0.5) is 4.39 Å². The Morgan fingerprint density at radius 1 is 1.31 bits per heavy atom. The summed E-state index contributed by atoms with van der Waals surface area (Å²) in [6.07, 6.45) is 3.46. The minimum atomic E-state index is -0.376. The highest BCUT2D eigenvalue weighted by Crippen LogP contribution is 2.28. The van der Waals surface area contributed by atoms with E-state index >= 15 is 0 Å². The van der Waals surface area contributed by atoms with E-state index in [4.69, 9.17) is 4.52 Å². The van der Waals surface area contributed by atoms with Crippen molar-refractivity contribution in [2.45, 2.75) is 25.8 Å². The SMILES string of the molecule is Cc1onc(-c2ccc(F)cc2)c1C(=O)c1c[nH]c(C(=O)NC2CC2)c1.[HH].[HH]. The fourth-order valence-corrected chi connectivity index (χ4v) is 2.74. The largest absolute Gasteiger partial charge is 0.360 e. The van der Waals surface area contributed by atoms with Crippen molar-refractivity contribution in [2.75, 3.05) is 0 Å². The summed E-state index contributed by atoms with van der Waals surface area (Å²) < 4.78 is 18.3. The zero-order valence-electron chi connectivity index (χ0n) is 14.0. The molecule has 0 aliphatic heterocycles. The molecule has 0 bridgehead atoms. The molecule has 1 aliphatic carbocycles. The Balaban J connectivity index is 0.00000140. The van der Waals surface area contributed by atoms with Crippen molar-refractivity contribution in [3.63, 3.8) is 0 Å². The number of H-pyrrole nitrogens is 1. The van der Waals surface area contributed by atoms with E-state index in [0.717, 1.165) is 12.8 Å². The molecule has 4 rings (SSSR count). The third-order valence-electron chi connectivity index (χ3n) is 4.31. The Bertz CT molecular complexity index is 994. The molecule has 136 valence electrons. The topological polar surface area (TPSA) is 88.0 Å². The van der Waals surface area contributed by atoms with Gasteiger partial charge in [0, 0.05) is 26.2 Å². The highest BCUT2D eigenvalue weighted by Gasteiger charge is 2.27. The maximum absolute atomic E-state index is 13.2. The average Bonchev–Trinajstić information content (AvgIpc) is 3.16. The first kappa shape index (κ1) is 16.3. The lowest BCUT2D eigenvalue weighted by molar-refractivity contribution is 0.0946. The van der Waals surface area contributed by atoms with Crippen LogP contribution < -0.4 is 5.32 Å². The Morgan fingerprint density at radius 3 is 2.73 bits per heavy atom. The Labute approximate surface area is 151 Å². The van der Waals surface area contributed by atoms with Crippen molar-refractivity contribution in [2.24, 2.45) is 0 Å². The Hall–Kier alpha value is -3.22. The van der Waals surface area contributed by atoms with E-state index < -0.39 is 0 Å². The minimum Gasteiger partial charge on any atom is -0.360 e. The number of nitrogens with one attached hydrogen (secondary N) is 2. The summed E-state index contributed by atoms with van der Waals surface area (Å²) in [6.45, 7) is 1.64. The first-order chi connectivity index (χ1) is 12.5. The van der Waals surface area contributed by atoms with Gasteiger partial charge in [-0.2, -0.15) is 0 Å². The van der Waals surface area contributed by atoms with Crippen molar-refractivity contribution in [1.29, 1.82) is 0 Å². The molecule has 0 atom stereocenters. The van der Waals surface area contributed by atoms with E-state index in [0.29, 0.717) is 33.8 Å². The number of halogens is 1. The van der Waals surface area contributed by atoms with Crippen LogP contribution in [0, 0.1) is 12.7 Å². The molecule has 0 radical (unpaired) electrons. The molecule has 1 amide bonds. The van der Waals surface area contributed by atoms with E-state index in [1.165, 1.54) is 36.5 Å². The van der Waals surface area contributed by atoms with Gasteiger partial charge in [0.05, 0.1) is 5.56 Å². The quantitative estimate of drug-likeness (QED) is 0.681. The molecule has 3 aromatic rings. The molecule has 26 heavy (non-hydrogen) atoms. The van der Waals surface area contributed by atoms with Gasteiger partial charge < -0.3 is 14.8 Å². The fraction of sp³-hybridized carbons (Fsp3) is 0.211. The van der Waals surface area contributed by atoms with Crippen molar-refractivity contribution in [3.05, 3.63) is 64.9 Å². The molecule has 2 N–H and O–H groups in total. The molecule has 2 aromatic heterocycles. The first-order valence-electron chi connectivity index (χ1n) is 8.29. The highest BCUT2D eigenvalue weighted by atomic mass is 19.1.